The molecular formula is C22H28N4O. The van der Waals surface area contributed by atoms with E-state index in [-0.39, 0.29) is 5.91 Å². The number of carbonyl (C=O) groups is 1. The first kappa shape index (κ1) is 19.0. The number of hydrogen-bond acceptors (Lipinski definition) is 2. The SMILES string of the molecule is CN=C(NCc1ccc(CN2CCCC2=O)cc1)NCc1cccc(C)c1. The highest BCUT2D eigenvalue weighted by Gasteiger charge is 2.19. The largest absolute Gasteiger partial charge is 0.352 e. The van der Waals surface area contributed by atoms with Crippen molar-refractivity contribution in [2.24, 2.45) is 4.99 Å². The molecule has 1 amide bonds. The number of amides is 1. The fraction of sp³-hybridized carbons (Fsp3) is 0.364. The van der Waals surface area contributed by atoms with Gasteiger partial charge in [-0.15, -0.1) is 0 Å². The normalized spacial score (nSPS) is 14.5. The third kappa shape index (κ3) is 5.58. The fourth-order valence-corrected chi connectivity index (χ4v) is 3.27. The summed E-state index contributed by atoms with van der Waals surface area (Å²) in [7, 11) is 1.78. The Hall–Kier alpha value is -2.82. The molecule has 0 aliphatic carbocycles. The van der Waals surface area contributed by atoms with E-state index < -0.39 is 0 Å². The third-order valence-corrected chi connectivity index (χ3v) is 4.79. The lowest BCUT2D eigenvalue weighted by Crippen LogP contribution is -2.36. The number of benzene rings is 2. The maximum Gasteiger partial charge on any atom is 0.222 e. The molecule has 142 valence electrons. The standard InChI is InChI=1S/C22H28N4O/c1-17-5-3-6-20(13-17)15-25-22(23-2)24-14-18-8-10-19(11-9-18)16-26-12-4-7-21(26)27/h3,5-6,8-11,13H,4,7,12,14-16H2,1-2H3,(H2,23,24,25). The summed E-state index contributed by atoms with van der Waals surface area (Å²) in [4.78, 5) is 18.0. The zero-order chi connectivity index (χ0) is 19.1. The van der Waals surface area contributed by atoms with E-state index in [0.29, 0.717) is 19.5 Å². The molecule has 0 aromatic heterocycles. The summed E-state index contributed by atoms with van der Waals surface area (Å²) in [6.45, 7) is 5.14. The Kier molecular flexibility index (Phi) is 6.47. The second-order valence-corrected chi connectivity index (χ2v) is 7.00. The van der Waals surface area contributed by atoms with E-state index in [1.807, 2.05) is 4.90 Å². The first-order chi connectivity index (χ1) is 13.1. The molecule has 1 fully saturated rings. The van der Waals surface area contributed by atoms with Crippen LogP contribution in [0.3, 0.4) is 0 Å². The smallest absolute Gasteiger partial charge is 0.222 e. The number of rotatable bonds is 6. The number of guanidine groups is 1. The molecule has 3 rings (SSSR count). The predicted molar refractivity (Wildman–Crippen MR) is 109 cm³/mol. The van der Waals surface area contributed by atoms with Crippen LogP contribution in [0, 0.1) is 6.92 Å². The van der Waals surface area contributed by atoms with Gasteiger partial charge in [-0.2, -0.15) is 0 Å². The van der Waals surface area contributed by atoms with E-state index in [2.05, 4.69) is 71.1 Å². The van der Waals surface area contributed by atoms with Gasteiger partial charge in [0, 0.05) is 39.6 Å². The molecule has 0 saturated carbocycles. The van der Waals surface area contributed by atoms with Crippen molar-refractivity contribution in [3.8, 4) is 0 Å². The van der Waals surface area contributed by atoms with Gasteiger partial charge in [0.15, 0.2) is 5.96 Å². The molecule has 5 nitrogen and oxygen atoms in total. The molecule has 0 radical (unpaired) electrons. The summed E-state index contributed by atoms with van der Waals surface area (Å²) in [5.41, 5.74) is 4.85. The average Bonchev–Trinajstić information content (AvgIpc) is 3.08. The van der Waals surface area contributed by atoms with Crippen molar-refractivity contribution in [1.29, 1.82) is 0 Å². The van der Waals surface area contributed by atoms with E-state index in [9.17, 15) is 4.79 Å². The molecule has 1 saturated heterocycles. The quantitative estimate of drug-likeness (QED) is 0.612. The lowest BCUT2D eigenvalue weighted by atomic mass is 10.1. The second-order valence-electron chi connectivity index (χ2n) is 7.00. The summed E-state index contributed by atoms with van der Waals surface area (Å²) in [6, 6.07) is 16.9. The lowest BCUT2D eigenvalue weighted by molar-refractivity contribution is -0.128. The molecule has 2 aromatic rings. The van der Waals surface area contributed by atoms with E-state index in [1.165, 1.54) is 22.3 Å². The first-order valence-corrected chi connectivity index (χ1v) is 9.50. The molecule has 2 aromatic carbocycles. The van der Waals surface area contributed by atoms with Crippen LogP contribution >= 0.6 is 0 Å². The van der Waals surface area contributed by atoms with Crippen LogP contribution in [0.2, 0.25) is 0 Å². The monoisotopic (exact) mass is 364 g/mol. The van der Waals surface area contributed by atoms with Gasteiger partial charge in [-0.1, -0.05) is 54.1 Å². The van der Waals surface area contributed by atoms with Gasteiger partial charge in [0.1, 0.15) is 0 Å². The molecule has 0 unspecified atom stereocenters. The summed E-state index contributed by atoms with van der Waals surface area (Å²) < 4.78 is 0. The number of carbonyl (C=O) groups excluding carboxylic acids is 1. The van der Waals surface area contributed by atoms with E-state index in [1.54, 1.807) is 7.05 Å². The van der Waals surface area contributed by atoms with Crippen LogP contribution in [0.1, 0.15) is 35.1 Å². The number of hydrogen-bond donors (Lipinski definition) is 2. The van der Waals surface area contributed by atoms with Crippen LogP contribution in [0.25, 0.3) is 0 Å². The molecule has 0 spiro atoms. The Labute approximate surface area is 161 Å². The number of nitrogens with zero attached hydrogens (tertiary/aromatic N) is 2. The Balaban J connectivity index is 1.47. The Morgan fingerprint density at radius 3 is 2.37 bits per heavy atom. The van der Waals surface area contributed by atoms with Gasteiger partial charge >= 0.3 is 0 Å². The van der Waals surface area contributed by atoms with Gasteiger partial charge in [-0.05, 0) is 30.0 Å². The summed E-state index contributed by atoms with van der Waals surface area (Å²) >= 11 is 0. The van der Waals surface area contributed by atoms with Crippen molar-refractivity contribution in [3.05, 3.63) is 70.8 Å². The predicted octanol–water partition coefficient (Wildman–Crippen LogP) is 2.98. The van der Waals surface area contributed by atoms with E-state index in [0.717, 1.165) is 25.5 Å². The van der Waals surface area contributed by atoms with Gasteiger partial charge in [0.05, 0.1) is 0 Å². The van der Waals surface area contributed by atoms with Crippen LogP contribution in [0.5, 0.6) is 0 Å². The van der Waals surface area contributed by atoms with Crippen molar-refractivity contribution in [2.75, 3.05) is 13.6 Å². The van der Waals surface area contributed by atoms with Crippen molar-refractivity contribution >= 4 is 11.9 Å². The second kappa shape index (κ2) is 9.21. The summed E-state index contributed by atoms with van der Waals surface area (Å²) in [5, 5.41) is 6.69. The number of aryl methyl sites for hydroxylation is 1. The number of likely N-dealkylation sites (tertiary alicyclic amines) is 1. The highest BCUT2D eigenvalue weighted by atomic mass is 16.2. The van der Waals surface area contributed by atoms with Crippen molar-refractivity contribution in [1.82, 2.24) is 15.5 Å². The summed E-state index contributed by atoms with van der Waals surface area (Å²) in [5.74, 6) is 1.05. The zero-order valence-electron chi connectivity index (χ0n) is 16.2. The average molecular weight is 364 g/mol. The molecule has 1 heterocycles. The Bertz CT molecular complexity index is 798. The zero-order valence-corrected chi connectivity index (χ0v) is 16.2. The maximum atomic E-state index is 11.7. The van der Waals surface area contributed by atoms with Crippen LogP contribution in [0.15, 0.2) is 53.5 Å². The van der Waals surface area contributed by atoms with E-state index in [4.69, 9.17) is 0 Å². The fourth-order valence-electron chi connectivity index (χ4n) is 3.27. The number of aliphatic imine (C=N–C) groups is 1. The van der Waals surface area contributed by atoms with Crippen LogP contribution in [-0.2, 0) is 24.4 Å². The lowest BCUT2D eigenvalue weighted by Gasteiger charge is -2.16. The molecule has 1 aliphatic heterocycles. The van der Waals surface area contributed by atoms with Gasteiger partial charge in [0.25, 0.3) is 0 Å². The molecule has 2 N–H and O–H groups in total. The highest BCUT2D eigenvalue weighted by molar-refractivity contribution is 5.79. The molecule has 27 heavy (non-hydrogen) atoms. The molecule has 0 bridgehead atoms. The number of nitrogens with one attached hydrogen (secondary N) is 2. The summed E-state index contributed by atoms with van der Waals surface area (Å²) in [6.07, 6.45) is 1.67. The third-order valence-electron chi connectivity index (χ3n) is 4.79. The molecule has 0 atom stereocenters. The van der Waals surface area contributed by atoms with Crippen LogP contribution < -0.4 is 10.6 Å². The van der Waals surface area contributed by atoms with Crippen molar-refractivity contribution in [2.45, 2.75) is 39.4 Å². The van der Waals surface area contributed by atoms with Gasteiger partial charge < -0.3 is 15.5 Å². The highest BCUT2D eigenvalue weighted by Crippen LogP contribution is 2.14. The first-order valence-electron chi connectivity index (χ1n) is 9.50. The van der Waals surface area contributed by atoms with E-state index >= 15 is 0 Å². The van der Waals surface area contributed by atoms with Gasteiger partial charge in [-0.3, -0.25) is 9.79 Å². The van der Waals surface area contributed by atoms with Crippen molar-refractivity contribution in [3.63, 3.8) is 0 Å². The molecule has 5 heteroatoms. The molecular weight excluding hydrogens is 336 g/mol. The van der Waals surface area contributed by atoms with Gasteiger partial charge in [0.2, 0.25) is 5.91 Å². The maximum absolute atomic E-state index is 11.7. The van der Waals surface area contributed by atoms with Crippen LogP contribution in [-0.4, -0.2) is 30.4 Å². The molecule has 1 aliphatic rings. The Morgan fingerprint density at radius 2 is 1.74 bits per heavy atom. The minimum atomic E-state index is 0.268. The minimum absolute atomic E-state index is 0.268. The topological polar surface area (TPSA) is 56.7 Å². The minimum Gasteiger partial charge on any atom is -0.352 e. The van der Waals surface area contributed by atoms with Crippen LogP contribution in [0.4, 0.5) is 0 Å². The Morgan fingerprint density at radius 1 is 1.04 bits per heavy atom. The van der Waals surface area contributed by atoms with Gasteiger partial charge in [-0.25, -0.2) is 0 Å². The van der Waals surface area contributed by atoms with Crippen molar-refractivity contribution < 1.29 is 4.79 Å².